The normalized spacial score (nSPS) is 11.6. The van der Waals surface area contributed by atoms with Crippen LogP contribution in [0.1, 0.15) is 0 Å². The molecule has 0 radical (unpaired) electrons. The first-order valence-corrected chi connectivity index (χ1v) is 18.2. The van der Waals surface area contributed by atoms with E-state index in [0.29, 0.717) is 17.5 Å². The Bertz CT molecular complexity index is 2850. The molecule has 0 aliphatic heterocycles. The van der Waals surface area contributed by atoms with Crippen molar-refractivity contribution in [2.45, 2.75) is 0 Å². The third-order valence-electron chi connectivity index (χ3n) is 9.37. The highest BCUT2D eigenvalue weighted by Crippen LogP contribution is 2.45. The fourth-order valence-corrected chi connectivity index (χ4v) is 9.34. The minimum atomic E-state index is 0.655. The van der Waals surface area contributed by atoms with Crippen molar-refractivity contribution in [2.24, 2.45) is 0 Å². The van der Waals surface area contributed by atoms with E-state index >= 15 is 0 Å². The van der Waals surface area contributed by atoms with E-state index in [4.69, 9.17) is 15.0 Å². The van der Waals surface area contributed by atoms with Crippen LogP contribution in [0.5, 0.6) is 0 Å². The summed E-state index contributed by atoms with van der Waals surface area (Å²) in [7, 11) is 0. The van der Waals surface area contributed by atoms with Gasteiger partial charge in [0.25, 0.3) is 0 Å². The molecule has 5 heteroatoms. The lowest BCUT2D eigenvalue weighted by molar-refractivity contribution is 1.07. The van der Waals surface area contributed by atoms with Crippen molar-refractivity contribution < 1.29 is 0 Å². The minimum Gasteiger partial charge on any atom is -0.208 e. The monoisotopic (exact) mass is 673 g/mol. The molecule has 0 N–H and O–H groups in total. The van der Waals surface area contributed by atoms with Gasteiger partial charge in [-0.1, -0.05) is 140 Å². The van der Waals surface area contributed by atoms with E-state index in [0.717, 1.165) is 22.3 Å². The maximum Gasteiger partial charge on any atom is 0.164 e. The highest BCUT2D eigenvalue weighted by Gasteiger charge is 2.17. The maximum atomic E-state index is 5.08. The molecule has 3 nitrogen and oxygen atoms in total. The average Bonchev–Trinajstić information content (AvgIpc) is 3.77. The van der Waals surface area contributed by atoms with Crippen LogP contribution in [0, 0.1) is 0 Å². The van der Waals surface area contributed by atoms with Crippen LogP contribution in [0.3, 0.4) is 0 Å². The molecule has 0 saturated carbocycles. The highest BCUT2D eigenvalue weighted by atomic mass is 32.1. The van der Waals surface area contributed by atoms with Gasteiger partial charge in [0.15, 0.2) is 17.5 Å². The van der Waals surface area contributed by atoms with Crippen LogP contribution in [-0.4, -0.2) is 15.0 Å². The maximum absolute atomic E-state index is 5.08. The predicted molar refractivity (Wildman–Crippen MR) is 213 cm³/mol. The van der Waals surface area contributed by atoms with Crippen LogP contribution in [0.4, 0.5) is 0 Å². The Morgan fingerprint density at radius 1 is 0.300 bits per heavy atom. The molecule has 0 unspecified atom stereocenters. The van der Waals surface area contributed by atoms with Crippen LogP contribution in [0.15, 0.2) is 164 Å². The second-order valence-corrected chi connectivity index (χ2v) is 14.5. The zero-order chi connectivity index (χ0) is 33.0. The Labute approximate surface area is 296 Å². The van der Waals surface area contributed by atoms with E-state index in [1.807, 2.05) is 46.9 Å². The van der Waals surface area contributed by atoms with Crippen LogP contribution < -0.4 is 0 Å². The molecule has 7 aromatic carbocycles. The quantitative estimate of drug-likeness (QED) is 0.182. The zero-order valence-electron chi connectivity index (χ0n) is 26.7. The van der Waals surface area contributed by atoms with Gasteiger partial charge in [0, 0.05) is 68.2 Å². The van der Waals surface area contributed by atoms with Gasteiger partial charge >= 0.3 is 0 Å². The first-order valence-electron chi connectivity index (χ1n) is 16.6. The third-order valence-corrected chi connectivity index (χ3v) is 11.8. The Kier molecular flexibility index (Phi) is 6.86. The van der Waals surface area contributed by atoms with E-state index in [1.165, 1.54) is 57.0 Å². The molecule has 50 heavy (non-hydrogen) atoms. The number of thiophene rings is 2. The van der Waals surface area contributed by atoms with E-state index in [1.54, 1.807) is 0 Å². The van der Waals surface area contributed by atoms with Gasteiger partial charge in [-0.25, -0.2) is 15.0 Å². The number of benzene rings is 7. The van der Waals surface area contributed by atoms with Crippen molar-refractivity contribution in [1.82, 2.24) is 15.0 Å². The van der Waals surface area contributed by atoms with Crippen molar-refractivity contribution in [3.05, 3.63) is 164 Å². The van der Waals surface area contributed by atoms with Gasteiger partial charge in [-0.2, -0.15) is 0 Å². The van der Waals surface area contributed by atoms with Crippen LogP contribution >= 0.6 is 22.7 Å². The van der Waals surface area contributed by atoms with Crippen molar-refractivity contribution in [3.63, 3.8) is 0 Å². The summed E-state index contributed by atoms with van der Waals surface area (Å²) < 4.78 is 5.20. The second-order valence-electron chi connectivity index (χ2n) is 12.4. The SMILES string of the molecule is c1ccc(-c2ccc(-c3nc(-c4ccccc4)nc(-c4ccc5sc6c(-c7cccc8c7sc7ccccc78)cccc6c5c4)n3)cc2)cc1. The molecule has 10 rings (SSSR count). The lowest BCUT2D eigenvalue weighted by Crippen LogP contribution is -2.00. The Morgan fingerprint density at radius 2 is 0.740 bits per heavy atom. The molecule has 3 heterocycles. The average molecular weight is 674 g/mol. The molecule has 3 aromatic heterocycles. The smallest absolute Gasteiger partial charge is 0.164 e. The number of hydrogen-bond donors (Lipinski definition) is 0. The molecule has 234 valence electrons. The van der Waals surface area contributed by atoms with Gasteiger partial charge in [0.05, 0.1) is 0 Å². The fourth-order valence-electron chi connectivity index (χ4n) is 6.90. The molecule has 0 spiro atoms. The molecule has 0 fully saturated rings. The zero-order valence-corrected chi connectivity index (χ0v) is 28.4. The van der Waals surface area contributed by atoms with E-state index in [9.17, 15) is 0 Å². The summed E-state index contributed by atoms with van der Waals surface area (Å²) in [5, 5.41) is 5.10. The summed E-state index contributed by atoms with van der Waals surface area (Å²) in [6.07, 6.45) is 0. The largest absolute Gasteiger partial charge is 0.208 e. The molecular weight excluding hydrogens is 647 g/mol. The minimum absolute atomic E-state index is 0.655. The summed E-state index contributed by atoms with van der Waals surface area (Å²) in [5.74, 6) is 1.97. The molecule has 0 atom stereocenters. The molecule has 10 aromatic rings. The number of hydrogen-bond acceptors (Lipinski definition) is 5. The Balaban J connectivity index is 1.11. The topological polar surface area (TPSA) is 38.7 Å². The van der Waals surface area contributed by atoms with Gasteiger partial charge in [0.2, 0.25) is 0 Å². The van der Waals surface area contributed by atoms with Gasteiger partial charge < -0.3 is 0 Å². The summed E-state index contributed by atoms with van der Waals surface area (Å²) in [5.41, 5.74) is 7.78. The van der Waals surface area contributed by atoms with Crippen LogP contribution in [0.25, 0.3) is 96.8 Å². The molecule has 0 amide bonds. The lowest BCUT2D eigenvalue weighted by atomic mass is 10.00. The van der Waals surface area contributed by atoms with E-state index in [-0.39, 0.29) is 0 Å². The standard InChI is InChI=1S/C45H27N3S2/c1-3-11-28(12-4-1)29-21-23-31(24-22-29)44-46-43(30-13-5-2-6-14-30)47-45(48-44)32-25-26-40-38(27-32)37-19-10-18-36(42(37)50-40)35-17-9-16-34-33-15-7-8-20-39(33)49-41(34)35/h1-27H. The Hall–Kier alpha value is -6.01. The third kappa shape index (κ3) is 4.90. The number of rotatable bonds is 5. The van der Waals surface area contributed by atoms with Gasteiger partial charge in [-0.15, -0.1) is 22.7 Å². The second kappa shape index (κ2) is 11.8. The van der Waals surface area contributed by atoms with Crippen molar-refractivity contribution in [2.75, 3.05) is 0 Å². The van der Waals surface area contributed by atoms with Crippen LogP contribution in [-0.2, 0) is 0 Å². The Morgan fingerprint density at radius 3 is 1.40 bits per heavy atom. The van der Waals surface area contributed by atoms with Crippen molar-refractivity contribution >= 4 is 63.0 Å². The fraction of sp³-hybridized carbons (Fsp3) is 0. The van der Waals surface area contributed by atoms with E-state index < -0.39 is 0 Å². The number of nitrogens with zero attached hydrogens (tertiary/aromatic N) is 3. The molecule has 0 bridgehead atoms. The summed E-state index contributed by atoms with van der Waals surface area (Å²) in [6, 6.07) is 57.8. The van der Waals surface area contributed by atoms with Crippen LogP contribution in [0.2, 0.25) is 0 Å². The number of fused-ring (bicyclic) bond motifs is 6. The van der Waals surface area contributed by atoms with E-state index in [2.05, 4.69) is 140 Å². The molecular formula is C45H27N3S2. The molecule has 0 aliphatic rings. The van der Waals surface area contributed by atoms with Crippen molar-refractivity contribution in [3.8, 4) is 56.4 Å². The van der Waals surface area contributed by atoms with Gasteiger partial charge in [-0.05, 0) is 35.4 Å². The lowest BCUT2D eigenvalue weighted by Gasteiger charge is -2.09. The number of aromatic nitrogens is 3. The summed E-state index contributed by atoms with van der Waals surface area (Å²) >= 11 is 3.73. The first-order chi connectivity index (χ1) is 24.8. The van der Waals surface area contributed by atoms with Crippen molar-refractivity contribution in [1.29, 1.82) is 0 Å². The van der Waals surface area contributed by atoms with Gasteiger partial charge in [0.1, 0.15) is 0 Å². The summed E-state index contributed by atoms with van der Waals surface area (Å²) in [6.45, 7) is 0. The highest BCUT2D eigenvalue weighted by molar-refractivity contribution is 7.27. The first kappa shape index (κ1) is 29.0. The van der Waals surface area contributed by atoms with Gasteiger partial charge in [-0.3, -0.25) is 0 Å². The molecule has 0 aliphatic carbocycles. The predicted octanol–water partition coefficient (Wildman–Crippen LogP) is 12.9. The summed E-state index contributed by atoms with van der Waals surface area (Å²) in [4.78, 5) is 15.1. The molecule has 0 saturated heterocycles.